The van der Waals surface area contributed by atoms with E-state index in [9.17, 15) is 9.90 Å². The van der Waals surface area contributed by atoms with Crippen LogP contribution in [0.3, 0.4) is 0 Å². The van der Waals surface area contributed by atoms with Crippen molar-refractivity contribution in [1.29, 1.82) is 0 Å². The number of fused-ring (bicyclic) bond motifs is 1. The van der Waals surface area contributed by atoms with Crippen molar-refractivity contribution >= 4 is 22.9 Å². The zero-order valence-corrected chi connectivity index (χ0v) is 17.3. The number of amides is 1. The van der Waals surface area contributed by atoms with E-state index >= 15 is 0 Å². The Kier molecular flexibility index (Phi) is 6.65. The Hall–Kier alpha value is -3.15. The average Bonchev–Trinajstić information content (AvgIpc) is 2.81. The molecule has 1 aliphatic rings. The van der Waals surface area contributed by atoms with Crippen LogP contribution in [0.2, 0.25) is 0 Å². The zero-order chi connectivity index (χ0) is 21.6. The van der Waals surface area contributed by atoms with Crippen LogP contribution in [-0.4, -0.2) is 41.9 Å². The van der Waals surface area contributed by atoms with Crippen LogP contribution in [0.5, 0.6) is 0 Å². The SMILES string of the molecule is O=C([O-])N1CCC(c2ccc(/C=C/CO)cc2)C(OCc2ccc3ccccc3c2)C1. The van der Waals surface area contributed by atoms with Gasteiger partial charge >= 0.3 is 0 Å². The molecule has 2 atom stereocenters. The van der Waals surface area contributed by atoms with E-state index in [1.165, 1.54) is 10.3 Å². The number of hydrogen-bond acceptors (Lipinski definition) is 4. The van der Waals surface area contributed by atoms with E-state index < -0.39 is 6.09 Å². The Morgan fingerprint density at radius 2 is 1.87 bits per heavy atom. The molecule has 0 radical (unpaired) electrons. The number of carbonyl (C=O) groups excluding carboxylic acids is 1. The van der Waals surface area contributed by atoms with E-state index in [1.807, 2.05) is 30.3 Å². The third kappa shape index (κ3) is 5.13. The predicted octanol–water partition coefficient (Wildman–Crippen LogP) is 3.56. The molecule has 4 rings (SSSR count). The van der Waals surface area contributed by atoms with E-state index in [4.69, 9.17) is 9.84 Å². The first-order chi connectivity index (χ1) is 15.1. The normalized spacial score (nSPS) is 19.2. The fourth-order valence-corrected chi connectivity index (χ4v) is 4.21. The van der Waals surface area contributed by atoms with Gasteiger partial charge in [-0.1, -0.05) is 72.8 Å². The molecule has 160 valence electrons. The molecule has 1 heterocycles. The number of piperidine rings is 1. The number of rotatable bonds is 6. The second kappa shape index (κ2) is 9.77. The van der Waals surface area contributed by atoms with Crippen LogP contribution in [0.15, 0.2) is 72.8 Å². The summed E-state index contributed by atoms with van der Waals surface area (Å²) in [5.41, 5.74) is 3.20. The lowest BCUT2D eigenvalue weighted by Crippen LogP contribution is -2.51. The molecule has 1 amide bonds. The molecule has 0 aromatic heterocycles. The number of aliphatic hydroxyl groups excluding tert-OH is 1. The van der Waals surface area contributed by atoms with Crippen molar-refractivity contribution in [2.75, 3.05) is 19.7 Å². The molecule has 0 spiro atoms. The number of ether oxygens (including phenoxy) is 1. The maximum Gasteiger partial charge on any atom is 0.137 e. The minimum absolute atomic E-state index is 0.00806. The van der Waals surface area contributed by atoms with Gasteiger partial charge in [-0.05, 0) is 39.9 Å². The number of benzene rings is 3. The van der Waals surface area contributed by atoms with E-state index in [0.717, 1.165) is 22.1 Å². The lowest BCUT2D eigenvalue weighted by molar-refractivity contribution is -0.268. The van der Waals surface area contributed by atoms with Gasteiger partial charge in [-0.15, -0.1) is 0 Å². The monoisotopic (exact) mass is 416 g/mol. The summed E-state index contributed by atoms with van der Waals surface area (Å²) in [6.07, 6.45) is 2.85. The molecular weight excluding hydrogens is 390 g/mol. The number of nitrogens with zero attached hydrogens (tertiary/aromatic N) is 1. The van der Waals surface area contributed by atoms with Crippen LogP contribution in [0, 0.1) is 0 Å². The maximum atomic E-state index is 11.4. The maximum absolute atomic E-state index is 11.4. The Morgan fingerprint density at radius 1 is 1.10 bits per heavy atom. The molecule has 2 unspecified atom stereocenters. The zero-order valence-electron chi connectivity index (χ0n) is 17.3. The third-order valence-electron chi connectivity index (χ3n) is 5.88. The molecule has 3 aromatic carbocycles. The first-order valence-electron chi connectivity index (χ1n) is 10.6. The van der Waals surface area contributed by atoms with Gasteiger partial charge in [0.05, 0.1) is 19.3 Å². The Bertz CT molecular complexity index is 1060. The predicted molar refractivity (Wildman–Crippen MR) is 119 cm³/mol. The lowest BCUT2D eigenvalue weighted by Gasteiger charge is -2.40. The Balaban J connectivity index is 1.51. The highest BCUT2D eigenvalue weighted by atomic mass is 16.5. The van der Waals surface area contributed by atoms with Gasteiger partial charge in [0.2, 0.25) is 0 Å². The molecular formula is C26H26NO4-. The van der Waals surface area contributed by atoms with Gasteiger partial charge in [0.15, 0.2) is 0 Å². The van der Waals surface area contributed by atoms with E-state index in [-0.39, 0.29) is 18.6 Å². The highest BCUT2D eigenvalue weighted by Crippen LogP contribution is 2.31. The van der Waals surface area contributed by atoms with Crippen molar-refractivity contribution in [2.45, 2.75) is 25.0 Å². The smallest absolute Gasteiger partial charge is 0.137 e. The number of aliphatic hydroxyl groups is 1. The second-order valence-corrected chi connectivity index (χ2v) is 7.89. The molecule has 1 N–H and O–H groups in total. The van der Waals surface area contributed by atoms with Gasteiger partial charge in [-0.2, -0.15) is 0 Å². The molecule has 5 heteroatoms. The first-order valence-corrected chi connectivity index (χ1v) is 10.6. The number of carboxylic acid groups (broad SMARTS) is 1. The summed E-state index contributed by atoms with van der Waals surface area (Å²) in [5, 5.41) is 22.7. The highest BCUT2D eigenvalue weighted by Gasteiger charge is 2.31. The average molecular weight is 416 g/mol. The van der Waals surface area contributed by atoms with Gasteiger partial charge in [-0.25, -0.2) is 0 Å². The second-order valence-electron chi connectivity index (χ2n) is 7.89. The molecule has 1 aliphatic heterocycles. The van der Waals surface area contributed by atoms with Gasteiger partial charge in [-0.3, -0.25) is 0 Å². The van der Waals surface area contributed by atoms with Crippen molar-refractivity contribution in [3.05, 3.63) is 89.5 Å². The molecule has 0 aliphatic carbocycles. The minimum atomic E-state index is -1.15. The largest absolute Gasteiger partial charge is 0.530 e. The molecule has 0 saturated carbocycles. The quantitative estimate of drug-likeness (QED) is 0.667. The summed E-state index contributed by atoms with van der Waals surface area (Å²) < 4.78 is 6.28. The standard InChI is InChI=1S/C26H27NO4/c28-15-3-4-19-7-11-22(12-8-19)24-13-14-27(26(29)30)17-25(24)31-18-20-9-10-21-5-1-2-6-23(21)16-20/h1-12,16,24-25,28H,13-15,17-18H2,(H,29,30)/p-1/b4-3+. The van der Waals surface area contributed by atoms with Crippen LogP contribution in [-0.2, 0) is 11.3 Å². The van der Waals surface area contributed by atoms with Crippen molar-refractivity contribution < 1.29 is 19.7 Å². The summed E-state index contributed by atoms with van der Waals surface area (Å²) in [6, 6.07) is 22.6. The van der Waals surface area contributed by atoms with Crippen LogP contribution < -0.4 is 5.11 Å². The Labute approximate surface area is 182 Å². The molecule has 31 heavy (non-hydrogen) atoms. The van der Waals surface area contributed by atoms with Crippen LogP contribution in [0.1, 0.15) is 29.0 Å². The van der Waals surface area contributed by atoms with E-state index in [1.54, 1.807) is 6.08 Å². The lowest BCUT2D eigenvalue weighted by atomic mass is 9.86. The fraction of sp³-hybridized carbons (Fsp3) is 0.269. The molecule has 1 saturated heterocycles. The highest BCUT2D eigenvalue weighted by molar-refractivity contribution is 5.82. The summed E-state index contributed by atoms with van der Waals surface area (Å²) in [7, 11) is 0. The third-order valence-corrected chi connectivity index (χ3v) is 5.88. The molecule has 3 aromatic rings. The topological polar surface area (TPSA) is 72.8 Å². The first kappa shape index (κ1) is 21.1. The van der Waals surface area contributed by atoms with Crippen molar-refractivity contribution in [2.24, 2.45) is 0 Å². The van der Waals surface area contributed by atoms with Crippen LogP contribution >= 0.6 is 0 Å². The number of carbonyl (C=O) groups is 1. The summed E-state index contributed by atoms with van der Waals surface area (Å²) >= 11 is 0. The number of hydrogen-bond donors (Lipinski definition) is 1. The van der Waals surface area contributed by atoms with Gasteiger partial charge in [0.1, 0.15) is 6.09 Å². The van der Waals surface area contributed by atoms with Crippen molar-refractivity contribution in [3.8, 4) is 0 Å². The van der Waals surface area contributed by atoms with Gasteiger partial charge < -0.3 is 24.6 Å². The van der Waals surface area contributed by atoms with Crippen molar-refractivity contribution in [1.82, 2.24) is 4.90 Å². The van der Waals surface area contributed by atoms with Crippen molar-refractivity contribution in [3.63, 3.8) is 0 Å². The summed E-state index contributed by atoms with van der Waals surface area (Å²) in [4.78, 5) is 12.8. The van der Waals surface area contributed by atoms with Gasteiger partial charge in [0, 0.05) is 19.0 Å². The van der Waals surface area contributed by atoms with E-state index in [0.29, 0.717) is 26.1 Å². The summed E-state index contributed by atoms with van der Waals surface area (Å²) in [6.45, 7) is 1.17. The Morgan fingerprint density at radius 3 is 2.61 bits per heavy atom. The minimum Gasteiger partial charge on any atom is -0.530 e. The summed E-state index contributed by atoms with van der Waals surface area (Å²) in [5.74, 6) is 0.104. The molecule has 1 fully saturated rings. The molecule has 5 nitrogen and oxygen atoms in total. The van der Waals surface area contributed by atoms with Gasteiger partial charge in [0.25, 0.3) is 0 Å². The molecule has 0 bridgehead atoms. The van der Waals surface area contributed by atoms with Crippen LogP contribution in [0.4, 0.5) is 4.79 Å². The van der Waals surface area contributed by atoms with Crippen LogP contribution in [0.25, 0.3) is 16.8 Å². The fourth-order valence-electron chi connectivity index (χ4n) is 4.21. The number of likely N-dealkylation sites (tertiary alicyclic amines) is 1. The van der Waals surface area contributed by atoms with E-state index in [2.05, 4.69) is 42.5 Å².